The van der Waals surface area contributed by atoms with E-state index < -0.39 is 5.76 Å². The molecule has 0 aliphatic rings. The lowest BCUT2D eigenvalue weighted by atomic mass is 10.1. The number of hydrogen-bond donors (Lipinski definition) is 0. The summed E-state index contributed by atoms with van der Waals surface area (Å²) < 4.78 is 8.60. The number of nitrogens with zero attached hydrogens (tertiary/aromatic N) is 3. The Bertz CT molecular complexity index is 1280. The van der Waals surface area contributed by atoms with E-state index in [4.69, 9.17) is 4.42 Å². The van der Waals surface area contributed by atoms with Crippen LogP contribution >= 0.6 is 0 Å². The Labute approximate surface area is 167 Å². The summed E-state index contributed by atoms with van der Waals surface area (Å²) in [7, 11) is 0. The predicted octanol–water partition coefficient (Wildman–Crippen LogP) is 3.27. The number of aryl methyl sites for hydroxylation is 2. The number of amides is 1. The topological polar surface area (TPSA) is 69.5 Å². The van der Waals surface area contributed by atoms with E-state index in [-0.39, 0.29) is 18.9 Å². The summed E-state index contributed by atoms with van der Waals surface area (Å²) in [4.78, 5) is 28.8. The first-order chi connectivity index (χ1) is 14.1. The lowest BCUT2D eigenvalue weighted by Crippen LogP contribution is -2.23. The molecule has 0 unspecified atom stereocenters. The number of hydrogen-bond acceptors (Lipinski definition) is 3. The summed E-state index contributed by atoms with van der Waals surface area (Å²) >= 11 is 0. The molecule has 0 N–H and O–H groups in total. The Hall–Kier alpha value is -3.67. The fourth-order valence-corrected chi connectivity index (χ4v) is 3.21. The number of carbonyl (C=O) groups is 1. The highest BCUT2D eigenvalue weighted by atomic mass is 16.4. The van der Waals surface area contributed by atoms with Gasteiger partial charge >= 0.3 is 5.76 Å². The summed E-state index contributed by atoms with van der Waals surface area (Å²) in [6, 6.07) is 21.0. The fourth-order valence-electron chi connectivity index (χ4n) is 3.21. The third-order valence-electron chi connectivity index (χ3n) is 4.75. The zero-order valence-corrected chi connectivity index (χ0v) is 16.1. The normalized spacial score (nSPS) is 11.8. The largest absolute Gasteiger partial charge is 0.419 e. The molecule has 1 amide bonds. The van der Waals surface area contributed by atoms with Crippen LogP contribution in [-0.2, 0) is 17.9 Å². The smallest absolute Gasteiger partial charge is 0.408 e. The van der Waals surface area contributed by atoms with Crippen molar-refractivity contribution in [1.82, 2.24) is 9.13 Å². The van der Waals surface area contributed by atoms with Crippen LogP contribution in [0.25, 0.3) is 11.1 Å². The molecule has 6 heteroatoms. The van der Waals surface area contributed by atoms with Crippen LogP contribution in [0.4, 0.5) is 0 Å². The van der Waals surface area contributed by atoms with Crippen molar-refractivity contribution in [3.8, 4) is 0 Å². The van der Waals surface area contributed by atoms with Gasteiger partial charge in [0, 0.05) is 25.7 Å². The van der Waals surface area contributed by atoms with Crippen LogP contribution in [0.3, 0.4) is 0 Å². The minimum Gasteiger partial charge on any atom is -0.408 e. The molecular formula is C23H21N3O3. The molecule has 0 radical (unpaired) electrons. The Morgan fingerprint density at radius 2 is 1.76 bits per heavy atom. The highest BCUT2D eigenvalue weighted by molar-refractivity contribution is 5.77. The average molecular weight is 387 g/mol. The van der Waals surface area contributed by atoms with Crippen molar-refractivity contribution in [1.29, 1.82) is 0 Å². The molecule has 146 valence electrons. The maximum atomic E-state index is 12.5. The number of oxazole rings is 1. The Kier molecular flexibility index (Phi) is 5.24. The van der Waals surface area contributed by atoms with Gasteiger partial charge in [-0.1, -0.05) is 48.0 Å². The first-order valence-corrected chi connectivity index (χ1v) is 9.47. The maximum Gasteiger partial charge on any atom is 0.419 e. The van der Waals surface area contributed by atoms with Crippen LogP contribution in [0, 0.1) is 6.92 Å². The molecule has 0 aliphatic carbocycles. The van der Waals surface area contributed by atoms with E-state index in [1.54, 1.807) is 18.2 Å². The van der Waals surface area contributed by atoms with Gasteiger partial charge in [-0.2, -0.15) is 4.99 Å². The number of carbonyl (C=O) groups excluding carboxylic acids is 1. The maximum absolute atomic E-state index is 12.5. The predicted molar refractivity (Wildman–Crippen MR) is 110 cm³/mol. The zero-order chi connectivity index (χ0) is 20.2. The van der Waals surface area contributed by atoms with E-state index in [0.29, 0.717) is 23.1 Å². The molecule has 6 nitrogen and oxygen atoms in total. The molecule has 4 rings (SSSR count). The fraction of sp³-hybridized carbons (Fsp3) is 0.174. The van der Waals surface area contributed by atoms with Crippen molar-refractivity contribution in [3.63, 3.8) is 0 Å². The van der Waals surface area contributed by atoms with Gasteiger partial charge in [-0.15, -0.1) is 0 Å². The summed E-state index contributed by atoms with van der Waals surface area (Å²) in [5, 5.41) is 0. The van der Waals surface area contributed by atoms with Crippen molar-refractivity contribution in [2.24, 2.45) is 4.99 Å². The molecule has 0 saturated heterocycles. The van der Waals surface area contributed by atoms with E-state index in [1.807, 2.05) is 42.0 Å². The molecule has 0 aliphatic heterocycles. The van der Waals surface area contributed by atoms with Crippen LogP contribution < -0.4 is 11.2 Å². The van der Waals surface area contributed by atoms with Gasteiger partial charge in [0.25, 0.3) is 0 Å². The second-order valence-corrected chi connectivity index (χ2v) is 6.92. The number of rotatable bonds is 5. The second-order valence-electron chi connectivity index (χ2n) is 6.92. The molecule has 0 atom stereocenters. The van der Waals surface area contributed by atoms with Crippen LogP contribution in [-0.4, -0.2) is 15.0 Å². The number of benzene rings is 2. The van der Waals surface area contributed by atoms with Crippen molar-refractivity contribution in [2.45, 2.75) is 26.4 Å². The van der Waals surface area contributed by atoms with Crippen LogP contribution in [0.2, 0.25) is 0 Å². The molecule has 2 aromatic carbocycles. The standard InChI is InChI=1S/C23H21N3O3/c1-17-9-11-18(12-10-17)16-25-14-5-4-8-21(25)24-22(27)13-15-26-19-6-2-3-7-20(19)29-23(26)28/h2-12,14H,13,15-16H2,1H3. The average Bonchev–Trinajstić information content (AvgIpc) is 3.04. The molecule has 0 bridgehead atoms. The van der Waals surface area contributed by atoms with E-state index in [0.717, 1.165) is 5.56 Å². The number of fused-ring (bicyclic) bond motifs is 1. The van der Waals surface area contributed by atoms with E-state index >= 15 is 0 Å². The van der Waals surface area contributed by atoms with Gasteiger partial charge in [-0.25, -0.2) is 4.79 Å². The molecule has 29 heavy (non-hydrogen) atoms. The van der Waals surface area contributed by atoms with Gasteiger partial charge in [0.05, 0.1) is 5.52 Å². The number of pyridine rings is 1. The van der Waals surface area contributed by atoms with Gasteiger partial charge in [0.2, 0.25) is 5.91 Å². The highest BCUT2D eigenvalue weighted by Gasteiger charge is 2.10. The minimum atomic E-state index is -0.465. The van der Waals surface area contributed by atoms with Crippen molar-refractivity contribution >= 4 is 17.0 Å². The van der Waals surface area contributed by atoms with Crippen LogP contribution in [0.15, 0.2) is 87.1 Å². The van der Waals surface area contributed by atoms with Crippen LogP contribution in [0.1, 0.15) is 17.5 Å². The molecule has 2 aromatic heterocycles. The summed E-state index contributed by atoms with van der Waals surface area (Å²) in [6.07, 6.45) is 2.02. The zero-order valence-electron chi connectivity index (χ0n) is 16.1. The second kappa shape index (κ2) is 8.14. The molecule has 0 saturated carbocycles. The summed E-state index contributed by atoms with van der Waals surface area (Å²) in [5.74, 6) is -0.751. The summed E-state index contributed by atoms with van der Waals surface area (Å²) in [5.41, 5.74) is 4.11. The molecule has 2 heterocycles. The number of aromatic nitrogens is 2. The van der Waals surface area contributed by atoms with E-state index in [1.165, 1.54) is 10.1 Å². The third kappa shape index (κ3) is 4.27. The summed E-state index contributed by atoms with van der Waals surface area (Å²) in [6.45, 7) is 2.90. The lowest BCUT2D eigenvalue weighted by Gasteiger charge is -2.08. The highest BCUT2D eigenvalue weighted by Crippen LogP contribution is 2.12. The van der Waals surface area contributed by atoms with Gasteiger partial charge in [0.1, 0.15) is 5.49 Å². The van der Waals surface area contributed by atoms with Crippen LogP contribution in [0.5, 0.6) is 0 Å². The Morgan fingerprint density at radius 1 is 1.00 bits per heavy atom. The van der Waals surface area contributed by atoms with Crippen molar-refractivity contribution in [2.75, 3.05) is 0 Å². The Balaban J connectivity index is 1.53. The van der Waals surface area contributed by atoms with Crippen molar-refractivity contribution < 1.29 is 9.21 Å². The Morgan fingerprint density at radius 3 is 2.59 bits per heavy atom. The van der Waals surface area contributed by atoms with E-state index in [2.05, 4.69) is 29.3 Å². The van der Waals surface area contributed by atoms with E-state index in [9.17, 15) is 9.59 Å². The van der Waals surface area contributed by atoms with Crippen molar-refractivity contribution in [3.05, 3.63) is 100 Å². The third-order valence-corrected chi connectivity index (χ3v) is 4.75. The quantitative estimate of drug-likeness (QED) is 0.528. The first kappa shape index (κ1) is 18.7. The van der Waals surface area contributed by atoms with Gasteiger partial charge in [-0.3, -0.25) is 9.36 Å². The molecular weight excluding hydrogens is 366 g/mol. The molecule has 0 spiro atoms. The monoisotopic (exact) mass is 387 g/mol. The van der Waals surface area contributed by atoms with Gasteiger partial charge < -0.3 is 8.98 Å². The first-order valence-electron chi connectivity index (χ1n) is 9.47. The SMILES string of the molecule is Cc1ccc(Cn2ccccc2=NC(=O)CCn2c(=O)oc3ccccc32)cc1. The molecule has 0 fully saturated rings. The number of para-hydroxylation sites is 2. The van der Waals surface area contributed by atoms with Gasteiger partial charge in [-0.05, 0) is 36.8 Å². The molecule has 4 aromatic rings. The van der Waals surface area contributed by atoms with Gasteiger partial charge in [0.15, 0.2) is 5.58 Å². The minimum absolute atomic E-state index is 0.114. The lowest BCUT2D eigenvalue weighted by molar-refractivity contribution is -0.118.